The zero-order valence-corrected chi connectivity index (χ0v) is 12.3. The maximum absolute atomic E-state index is 12.1. The summed E-state index contributed by atoms with van der Waals surface area (Å²) >= 11 is 0. The Morgan fingerprint density at radius 2 is 1.84 bits per heavy atom. The summed E-state index contributed by atoms with van der Waals surface area (Å²) in [6.45, 7) is 7.83. The minimum atomic E-state index is -0.560. The molecule has 0 heterocycles. The maximum Gasteiger partial charge on any atom is 0.221 e. The Bertz CT molecular complexity index is 398. The fraction of sp³-hybridized carbons (Fsp3) is 0.562. The predicted molar refractivity (Wildman–Crippen MR) is 77.9 cm³/mol. The lowest BCUT2D eigenvalue weighted by atomic mass is 9.85. The second-order valence-electron chi connectivity index (χ2n) is 6.06. The van der Waals surface area contributed by atoms with E-state index in [2.05, 4.69) is 31.3 Å². The number of rotatable bonds is 6. The third-order valence-corrected chi connectivity index (χ3v) is 3.31. The molecule has 0 radical (unpaired) electrons. The molecular weight excluding hydrogens is 238 g/mol. The molecule has 0 aliphatic heterocycles. The summed E-state index contributed by atoms with van der Waals surface area (Å²) in [7, 11) is 0. The number of carbonyl (C=O) groups excluding carboxylic acids is 1. The molecule has 106 valence electrons. The molecule has 0 aliphatic carbocycles. The lowest BCUT2D eigenvalue weighted by molar-refractivity contribution is -0.123. The Labute approximate surface area is 116 Å². The number of aliphatic hydroxyl groups excluding tert-OH is 1. The molecule has 0 fully saturated rings. The SMILES string of the molecule is CC(C)C(CC(=O)NC(C)(C)CO)c1ccccc1. The van der Waals surface area contributed by atoms with Crippen molar-refractivity contribution in [3.63, 3.8) is 0 Å². The molecule has 2 N–H and O–H groups in total. The van der Waals surface area contributed by atoms with Crippen molar-refractivity contribution in [3.8, 4) is 0 Å². The van der Waals surface area contributed by atoms with Crippen LogP contribution in [-0.4, -0.2) is 23.2 Å². The fourth-order valence-electron chi connectivity index (χ4n) is 2.11. The number of carbonyl (C=O) groups is 1. The van der Waals surface area contributed by atoms with E-state index in [1.807, 2.05) is 32.0 Å². The molecule has 0 saturated carbocycles. The van der Waals surface area contributed by atoms with Crippen LogP contribution in [0.1, 0.15) is 45.6 Å². The number of amides is 1. The molecule has 0 spiro atoms. The van der Waals surface area contributed by atoms with Crippen molar-refractivity contribution in [2.45, 2.75) is 45.6 Å². The second-order valence-corrected chi connectivity index (χ2v) is 6.06. The first-order valence-electron chi connectivity index (χ1n) is 6.82. The highest BCUT2D eigenvalue weighted by molar-refractivity contribution is 5.77. The van der Waals surface area contributed by atoms with Crippen molar-refractivity contribution in [2.24, 2.45) is 5.92 Å². The van der Waals surface area contributed by atoms with Gasteiger partial charge in [0.2, 0.25) is 5.91 Å². The highest BCUT2D eigenvalue weighted by Gasteiger charge is 2.23. The summed E-state index contributed by atoms with van der Waals surface area (Å²) in [5, 5.41) is 12.1. The summed E-state index contributed by atoms with van der Waals surface area (Å²) in [4.78, 5) is 12.1. The number of hydrogen-bond acceptors (Lipinski definition) is 2. The third-order valence-electron chi connectivity index (χ3n) is 3.31. The summed E-state index contributed by atoms with van der Waals surface area (Å²) < 4.78 is 0. The van der Waals surface area contributed by atoms with E-state index in [4.69, 9.17) is 0 Å². The fourth-order valence-corrected chi connectivity index (χ4v) is 2.11. The van der Waals surface area contributed by atoms with Gasteiger partial charge >= 0.3 is 0 Å². The van der Waals surface area contributed by atoms with E-state index in [1.165, 1.54) is 5.56 Å². The molecule has 1 unspecified atom stereocenters. The van der Waals surface area contributed by atoms with Crippen molar-refractivity contribution >= 4 is 5.91 Å². The number of benzene rings is 1. The van der Waals surface area contributed by atoms with Gasteiger partial charge in [-0.2, -0.15) is 0 Å². The van der Waals surface area contributed by atoms with E-state index in [0.717, 1.165) is 0 Å². The predicted octanol–water partition coefficient (Wildman–Crippen LogP) is 2.70. The number of nitrogens with one attached hydrogen (secondary N) is 1. The van der Waals surface area contributed by atoms with Crippen LogP contribution < -0.4 is 5.32 Å². The monoisotopic (exact) mass is 263 g/mol. The average Bonchev–Trinajstić information content (AvgIpc) is 2.36. The molecule has 0 bridgehead atoms. The molecule has 1 atom stereocenters. The van der Waals surface area contributed by atoms with Crippen LogP contribution in [0.3, 0.4) is 0 Å². The van der Waals surface area contributed by atoms with Gasteiger partial charge in [-0.05, 0) is 31.2 Å². The van der Waals surface area contributed by atoms with E-state index in [-0.39, 0.29) is 18.4 Å². The Kier molecular flexibility index (Phi) is 5.55. The van der Waals surface area contributed by atoms with Crippen LogP contribution in [0, 0.1) is 5.92 Å². The molecule has 1 aromatic carbocycles. The van der Waals surface area contributed by atoms with Gasteiger partial charge in [0, 0.05) is 6.42 Å². The van der Waals surface area contributed by atoms with Gasteiger partial charge in [-0.1, -0.05) is 44.2 Å². The van der Waals surface area contributed by atoms with Crippen molar-refractivity contribution < 1.29 is 9.90 Å². The maximum atomic E-state index is 12.1. The minimum Gasteiger partial charge on any atom is -0.394 e. The minimum absolute atomic E-state index is 0.0124. The zero-order valence-electron chi connectivity index (χ0n) is 12.3. The van der Waals surface area contributed by atoms with E-state index >= 15 is 0 Å². The summed E-state index contributed by atoms with van der Waals surface area (Å²) in [6.07, 6.45) is 0.450. The molecule has 1 aromatic rings. The third kappa shape index (κ3) is 5.03. The van der Waals surface area contributed by atoms with Gasteiger partial charge in [-0.3, -0.25) is 4.79 Å². The number of hydrogen-bond donors (Lipinski definition) is 2. The molecule has 0 aliphatic rings. The van der Waals surface area contributed by atoms with Crippen molar-refractivity contribution in [1.82, 2.24) is 5.32 Å². The van der Waals surface area contributed by atoms with Gasteiger partial charge in [0.25, 0.3) is 0 Å². The Balaban J connectivity index is 2.73. The molecule has 19 heavy (non-hydrogen) atoms. The van der Waals surface area contributed by atoms with Crippen molar-refractivity contribution in [1.29, 1.82) is 0 Å². The second kappa shape index (κ2) is 6.71. The van der Waals surface area contributed by atoms with E-state index in [9.17, 15) is 9.90 Å². The van der Waals surface area contributed by atoms with Crippen LogP contribution in [0.5, 0.6) is 0 Å². The largest absolute Gasteiger partial charge is 0.394 e. The first-order valence-corrected chi connectivity index (χ1v) is 6.82. The van der Waals surface area contributed by atoms with Gasteiger partial charge in [-0.25, -0.2) is 0 Å². The van der Waals surface area contributed by atoms with Gasteiger partial charge in [0.1, 0.15) is 0 Å². The molecule has 1 rings (SSSR count). The highest BCUT2D eigenvalue weighted by atomic mass is 16.3. The molecule has 0 saturated heterocycles. The van der Waals surface area contributed by atoms with Gasteiger partial charge < -0.3 is 10.4 Å². The zero-order chi connectivity index (χ0) is 14.5. The van der Waals surface area contributed by atoms with Crippen molar-refractivity contribution in [3.05, 3.63) is 35.9 Å². The van der Waals surface area contributed by atoms with Gasteiger partial charge in [-0.15, -0.1) is 0 Å². The lowest BCUT2D eigenvalue weighted by Crippen LogP contribution is -2.46. The Hall–Kier alpha value is -1.35. The van der Waals surface area contributed by atoms with Crippen LogP contribution in [0.4, 0.5) is 0 Å². The molecule has 1 amide bonds. The Morgan fingerprint density at radius 1 is 1.26 bits per heavy atom. The van der Waals surface area contributed by atoms with Crippen molar-refractivity contribution in [2.75, 3.05) is 6.61 Å². The van der Waals surface area contributed by atoms with E-state index in [1.54, 1.807) is 0 Å². The van der Waals surface area contributed by atoms with Crippen LogP contribution in [0.15, 0.2) is 30.3 Å². The van der Waals surface area contributed by atoms with Crippen LogP contribution >= 0.6 is 0 Å². The van der Waals surface area contributed by atoms with Gasteiger partial charge in [0.05, 0.1) is 12.1 Å². The Morgan fingerprint density at radius 3 is 2.32 bits per heavy atom. The van der Waals surface area contributed by atoms with Crippen LogP contribution in [-0.2, 0) is 4.79 Å². The average molecular weight is 263 g/mol. The first-order chi connectivity index (χ1) is 8.85. The smallest absolute Gasteiger partial charge is 0.221 e. The lowest BCUT2D eigenvalue weighted by Gasteiger charge is -2.26. The quantitative estimate of drug-likeness (QED) is 0.829. The first kappa shape index (κ1) is 15.7. The number of aliphatic hydroxyl groups is 1. The molecule has 3 heteroatoms. The van der Waals surface area contributed by atoms with Gasteiger partial charge in [0.15, 0.2) is 0 Å². The molecular formula is C16H25NO2. The summed E-state index contributed by atoms with van der Waals surface area (Å²) in [6, 6.07) is 10.1. The normalized spacial score (nSPS) is 13.4. The standard InChI is InChI=1S/C16H25NO2/c1-12(2)14(13-8-6-5-7-9-13)10-15(19)17-16(3,4)11-18/h5-9,12,14,18H,10-11H2,1-4H3,(H,17,19). The molecule has 0 aromatic heterocycles. The molecule has 3 nitrogen and oxygen atoms in total. The highest BCUT2D eigenvalue weighted by Crippen LogP contribution is 2.27. The van der Waals surface area contributed by atoms with Crippen LogP contribution in [0.25, 0.3) is 0 Å². The van der Waals surface area contributed by atoms with E-state index in [0.29, 0.717) is 12.3 Å². The topological polar surface area (TPSA) is 49.3 Å². The summed E-state index contributed by atoms with van der Waals surface area (Å²) in [5.74, 6) is 0.586. The van der Waals surface area contributed by atoms with Crippen LogP contribution in [0.2, 0.25) is 0 Å². The summed E-state index contributed by atoms with van der Waals surface area (Å²) in [5.41, 5.74) is 0.629. The van der Waals surface area contributed by atoms with E-state index < -0.39 is 5.54 Å².